The summed E-state index contributed by atoms with van der Waals surface area (Å²) >= 11 is 6.06. The van der Waals surface area contributed by atoms with Gasteiger partial charge in [0, 0.05) is 34.1 Å². The lowest BCUT2D eigenvalue weighted by Crippen LogP contribution is -2.28. The van der Waals surface area contributed by atoms with E-state index in [0.29, 0.717) is 10.7 Å². The monoisotopic (exact) mass is 286 g/mol. The fourth-order valence-corrected chi connectivity index (χ4v) is 2.77. The molecule has 0 unspecified atom stereocenters. The van der Waals surface area contributed by atoms with Gasteiger partial charge in [0.05, 0.1) is 0 Å². The van der Waals surface area contributed by atoms with Crippen LogP contribution in [0.25, 0.3) is 22.3 Å². The predicted octanol–water partition coefficient (Wildman–Crippen LogP) is 4.18. The molecule has 0 radical (unpaired) electrons. The van der Waals surface area contributed by atoms with Gasteiger partial charge in [-0.05, 0) is 44.2 Å². The zero-order valence-corrected chi connectivity index (χ0v) is 12.1. The number of rotatable bonds is 2. The Labute approximate surface area is 122 Å². The quantitative estimate of drug-likeness (QED) is 0.514. The van der Waals surface area contributed by atoms with Crippen molar-refractivity contribution in [2.75, 3.05) is 0 Å². The van der Waals surface area contributed by atoms with Crippen LogP contribution < -0.4 is 4.73 Å². The van der Waals surface area contributed by atoms with Crippen molar-refractivity contribution in [2.45, 2.75) is 19.9 Å². The molecule has 0 bridgehead atoms. The Morgan fingerprint density at radius 2 is 1.95 bits per heavy atom. The first-order chi connectivity index (χ1) is 9.58. The minimum absolute atomic E-state index is 0.254. The van der Waals surface area contributed by atoms with Crippen LogP contribution >= 0.6 is 11.6 Å². The van der Waals surface area contributed by atoms with Crippen molar-refractivity contribution in [1.29, 1.82) is 0 Å². The maximum absolute atomic E-state index is 12.0. The van der Waals surface area contributed by atoms with Gasteiger partial charge in [-0.2, -0.15) is 4.73 Å². The number of halogens is 1. The molecule has 0 atom stereocenters. The van der Waals surface area contributed by atoms with Gasteiger partial charge in [-0.25, -0.2) is 0 Å². The SMILES string of the molecule is CC(C)n1c(-c2cccc[n+]2[O-])cc2cc(Cl)ccc21. The van der Waals surface area contributed by atoms with E-state index in [9.17, 15) is 5.21 Å². The highest BCUT2D eigenvalue weighted by atomic mass is 35.5. The van der Waals surface area contributed by atoms with E-state index in [4.69, 9.17) is 11.6 Å². The minimum Gasteiger partial charge on any atom is -0.618 e. The van der Waals surface area contributed by atoms with Gasteiger partial charge in [0.2, 0.25) is 5.69 Å². The highest BCUT2D eigenvalue weighted by Gasteiger charge is 2.18. The summed E-state index contributed by atoms with van der Waals surface area (Å²) in [5.74, 6) is 0. The third kappa shape index (κ3) is 2.04. The van der Waals surface area contributed by atoms with E-state index < -0.39 is 0 Å². The lowest BCUT2D eigenvalue weighted by atomic mass is 10.2. The lowest BCUT2D eigenvalue weighted by Gasteiger charge is -2.14. The Balaban J connectivity index is 2.35. The van der Waals surface area contributed by atoms with Crippen molar-refractivity contribution in [1.82, 2.24) is 4.57 Å². The second kappa shape index (κ2) is 4.84. The van der Waals surface area contributed by atoms with E-state index in [1.54, 1.807) is 6.07 Å². The van der Waals surface area contributed by atoms with Crippen LogP contribution in [0.4, 0.5) is 0 Å². The Morgan fingerprint density at radius 3 is 2.65 bits per heavy atom. The molecule has 20 heavy (non-hydrogen) atoms. The van der Waals surface area contributed by atoms with Gasteiger partial charge >= 0.3 is 0 Å². The molecule has 0 spiro atoms. The number of hydrogen-bond acceptors (Lipinski definition) is 1. The number of hydrogen-bond donors (Lipinski definition) is 0. The summed E-state index contributed by atoms with van der Waals surface area (Å²) in [6.07, 6.45) is 1.52. The fraction of sp³-hybridized carbons (Fsp3) is 0.188. The molecule has 3 rings (SSSR count). The van der Waals surface area contributed by atoms with Crippen molar-refractivity contribution in [3.63, 3.8) is 0 Å². The fourth-order valence-electron chi connectivity index (χ4n) is 2.59. The molecule has 3 aromatic rings. The number of pyridine rings is 1. The topological polar surface area (TPSA) is 31.9 Å². The number of fused-ring (bicyclic) bond motifs is 1. The molecule has 0 aliphatic heterocycles. The Hall–Kier alpha value is -2.00. The van der Waals surface area contributed by atoms with Crippen LogP contribution in [-0.4, -0.2) is 4.57 Å². The average Bonchev–Trinajstić information content (AvgIpc) is 2.77. The number of nitrogens with zero attached hydrogens (tertiary/aromatic N) is 2. The first-order valence-corrected chi connectivity index (χ1v) is 6.95. The molecule has 0 saturated heterocycles. The molecule has 2 heterocycles. The van der Waals surface area contributed by atoms with Crippen molar-refractivity contribution >= 4 is 22.5 Å². The zero-order chi connectivity index (χ0) is 14.3. The van der Waals surface area contributed by atoms with E-state index in [1.807, 2.05) is 36.4 Å². The summed E-state index contributed by atoms with van der Waals surface area (Å²) in [6.45, 7) is 4.21. The maximum Gasteiger partial charge on any atom is 0.240 e. The molecule has 102 valence electrons. The van der Waals surface area contributed by atoms with Crippen molar-refractivity contribution in [3.8, 4) is 11.4 Å². The summed E-state index contributed by atoms with van der Waals surface area (Å²) in [4.78, 5) is 0. The van der Waals surface area contributed by atoms with Gasteiger partial charge in [-0.3, -0.25) is 0 Å². The number of benzene rings is 1. The minimum atomic E-state index is 0.254. The molecule has 4 heteroatoms. The van der Waals surface area contributed by atoms with E-state index >= 15 is 0 Å². The van der Waals surface area contributed by atoms with Crippen LogP contribution in [0.5, 0.6) is 0 Å². The van der Waals surface area contributed by atoms with Gasteiger partial charge in [0.1, 0.15) is 5.69 Å². The average molecular weight is 287 g/mol. The van der Waals surface area contributed by atoms with E-state index in [-0.39, 0.29) is 6.04 Å². The smallest absolute Gasteiger partial charge is 0.240 e. The first kappa shape index (κ1) is 13.0. The van der Waals surface area contributed by atoms with Gasteiger partial charge < -0.3 is 9.77 Å². The molecule has 0 aliphatic carbocycles. The first-order valence-electron chi connectivity index (χ1n) is 6.57. The third-order valence-electron chi connectivity index (χ3n) is 3.40. The second-order valence-corrected chi connectivity index (χ2v) is 5.54. The van der Waals surface area contributed by atoms with Crippen molar-refractivity contribution in [2.24, 2.45) is 0 Å². The summed E-state index contributed by atoms with van der Waals surface area (Å²) in [5, 5.41) is 13.8. The van der Waals surface area contributed by atoms with Crippen molar-refractivity contribution < 1.29 is 4.73 Å². The lowest BCUT2D eigenvalue weighted by molar-refractivity contribution is -0.593. The van der Waals surface area contributed by atoms with Crippen molar-refractivity contribution in [3.05, 3.63) is 58.9 Å². The van der Waals surface area contributed by atoms with Gasteiger partial charge in [0.15, 0.2) is 6.20 Å². The molecular weight excluding hydrogens is 272 g/mol. The van der Waals surface area contributed by atoms with Crippen LogP contribution in [-0.2, 0) is 0 Å². The third-order valence-corrected chi connectivity index (χ3v) is 3.64. The summed E-state index contributed by atoms with van der Waals surface area (Å²) in [6, 6.07) is 13.5. The normalized spacial score (nSPS) is 11.4. The summed E-state index contributed by atoms with van der Waals surface area (Å²) < 4.78 is 3.06. The van der Waals surface area contributed by atoms with E-state index in [2.05, 4.69) is 18.4 Å². The van der Waals surface area contributed by atoms with E-state index in [0.717, 1.165) is 21.3 Å². The van der Waals surface area contributed by atoms with Gasteiger partial charge in [-0.1, -0.05) is 11.6 Å². The van der Waals surface area contributed by atoms with E-state index in [1.165, 1.54) is 6.20 Å². The summed E-state index contributed by atoms with van der Waals surface area (Å²) in [7, 11) is 0. The van der Waals surface area contributed by atoms with Crippen LogP contribution in [0.1, 0.15) is 19.9 Å². The van der Waals surface area contributed by atoms with Crippen LogP contribution in [0, 0.1) is 5.21 Å². The van der Waals surface area contributed by atoms with Crippen LogP contribution in [0.3, 0.4) is 0 Å². The molecule has 1 aromatic carbocycles. The van der Waals surface area contributed by atoms with Crippen LogP contribution in [0.2, 0.25) is 5.02 Å². The van der Waals surface area contributed by atoms with Gasteiger partial charge in [-0.15, -0.1) is 0 Å². The predicted molar refractivity (Wildman–Crippen MR) is 81.7 cm³/mol. The highest BCUT2D eigenvalue weighted by Crippen LogP contribution is 2.31. The van der Waals surface area contributed by atoms with Crippen LogP contribution in [0.15, 0.2) is 48.7 Å². The second-order valence-electron chi connectivity index (χ2n) is 5.11. The molecule has 0 fully saturated rings. The molecule has 0 saturated carbocycles. The Bertz CT molecular complexity index is 777. The Morgan fingerprint density at radius 1 is 1.15 bits per heavy atom. The zero-order valence-electron chi connectivity index (χ0n) is 11.4. The molecular formula is C16H15ClN2O. The summed E-state index contributed by atoms with van der Waals surface area (Å²) in [5.41, 5.74) is 2.64. The molecule has 0 amide bonds. The molecule has 0 N–H and O–H groups in total. The standard InChI is InChI=1S/C16H15ClN2O/c1-11(2)19-14-7-6-13(17)9-12(14)10-16(19)15-5-3-4-8-18(15)20/h3-11H,1-2H3. The molecule has 0 aliphatic rings. The maximum atomic E-state index is 12.0. The highest BCUT2D eigenvalue weighted by molar-refractivity contribution is 6.31. The number of aromatic nitrogens is 2. The largest absolute Gasteiger partial charge is 0.618 e. The Kier molecular flexibility index (Phi) is 3.14. The van der Waals surface area contributed by atoms with Gasteiger partial charge in [0.25, 0.3) is 0 Å². The molecule has 3 nitrogen and oxygen atoms in total. The molecule has 2 aromatic heterocycles.